The van der Waals surface area contributed by atoms with Gasteiger partial charge in [-0.05, 0) is 41.8 Å². The van der Waals surface area contributed by atoms with Crippen LogP contribution in [0.5, 0.6) is 5.75 Å². The number of ether oxygens (including phenoxy) is 1. The molecule has 3 rings (SSSR count). The molecule has 0 bridgehead atoms. The van der Waals surface area contributed by atoms with Crippen molar-refractivity contribution >= 4 is 21.8 Å². The van der Waals surface area contributed by atoms with E-state index in [1.165, 1.54) is 0 Å². The van der Waals surface area contributed by atoms with Gasteiger partial charge < -0.3 is 10.1 Å². The van der Waals surface area contributed by atoms with Gasteiger partial charge in [-0.1, -0.05) is 83.5 Å². The molecule has 4 heteroatoms. The summed E-state index contributed by atoms with van der Waals surface area (Å²) >= 11 is 3.47. The lowest BCUT2D eigenvalue weighted by atomic mass is 9.98. The van der Waals surface area contributed by atoms with E-state index in [0.717, 1.165) is 15.6 Å². The Morgan fingerprint density at radius 2 is 1.44 bits per heavy atom. The molecule has 1 N–H and O–H groups in total. The van der Waals surface area contributed by atoms with Crippen LogP contribution in [0.1, 0.15) is 30.5 Å². The van der Waals surface area contributed by atoms with Crippen LogP contribution in [0.15, 0.2) is 89.4 Å². The van der Waals surface area contributed by atoms with Crippen molar-refractivity contribution < 1.29 is 9.53 Å². The van der Waals surface area contributed by atoms with E-state index in [2.05, 4.69) is 21.2 Å². The van der Waals surface area contributed by atoms with Gasteiger partial charge in [-0.15, -0.1) is 0 Å². The molecule has 0 aliphatic rings. The van der Waals surface area contributed by atoms with Crippen molar-refractivity contribution in [2.45, 2.75) is 25.5 Å². The molecule has 0 fully saturated rings. The summed E-state index contributed by atoms with van der Waals surface area (Å²) in [7, 11) is 0. The van der Waals surface area contributed by atoms with Gasteiger partial charge >= 0.3 is 0 Å². The lowest BCUT2D eigenvalue weighted by molar-refractivity contribution is -0.128. The molecule has 3 aromatic carbocycles. The van der Waals surface area contributed by atoms with E-state index in [-0.39, 0.29) is 11.9 Å². The normalized spacial score (nSPS) is 12.8. The number of hydrogen-bond donors (Lipinski definition) is 1. The van der Waals surface area contributed by atoms with E-state index >= 15 is 0 Å². The molecule has 0 aliphatic heterocycles. The van der Waals surface area contributed by atoms with E-state index < -0.39 is 6.10 Å². The van der Waals surface area contributed by atoms with Crippen LogP contribution in [0.2, 0.25) is 0 Å². The molecular formula is C23H22BrNO2. The van der Waals surface area contributed by atoms with Crippen molar-refractivity contribution in [1.29, 1.82) is 0 Å². The molecule has 3 nitrogen and oxygen atoms in total. The molecule has 0 heterocycles. The van der Waals surface area contributed by atoms with Crippen LogP contribution in [0.4, 0.5) is 0 Å². The van der Waals surface area contributed by atoms with Gasteiger partial charge in [-0.2, -0.15) is 0 Å². The van der Waals surface area contributed by atoms with E-state index in [9.17, 15) is 4.79 Å². The summed E-state index contributed by atoms with van der Waals surface area (Å²) in [4.78, 5) is 13.0. The Balaban J connectivity index is 1.82. The van der Waals surface area contributed by atoms with Crippen LogP contribution >= 0.6 is 15.9 Å². The molecule has 2 atom stereocenters. The zero-order valence-corrected chi connectivity index (χ0v) is 16.7. The number of carbonyl (C=O) groups excluding carboxylic acids is 1. The third kappa shape index (κ3) is 5.20. The largest absolute Gasteiger partial charge is 0.481 e. The summed E-state index contributed by atoms with van der Waals surface area (Å²) in [6.07, 6.45) is 0.0387. The van der Waals surface area contributed by atoms with Crippen LogP contribution < -0.4 is 10.1 Å². The van der Waals surface area contributed by atoms with Gasteiger partial charge in [-0.3, -0.25) is 4.79 Å². The summed E-state index contributed by atoms with van der Waals surface area (Å²) < 4.78 is 6.90. The molecule has 0 aliphatic carbocycles. The van der Waals surface area contributed by atoms with Crippen LogP contribution in [0.3, 0.4) is 0 Å². The first-order chi connectivity index (χ1) is 13.2. The molecular weight excluding hydrogens is 402 g/mol. The molecule has 0 saturated carbocycles. The maximum Gasteiger partial charge on any atom is 0.261 e. The first-order valence-corrected chi connectivity index (χ1v) is 9.79. The number of rotatable bonds is 7. The van der Waals surface area contributed by atoms with Gasteiger partial charge in [0.15, 0.2) is 6.10 Å². The Labute approximate surface area is 168 Å². The van der Waals surface area contributed by atoms with Crippen molar-refractivity contribution in [1.82, 2.24) is 5.32 Å². The molecule has 0 radical (unpaired) electrons. The fourth-order valence-electron chi connectivity index (χ4n) is 2.88. The first-order valence-electron chi connectivity index (χ1n) is 9.00. The Kier molecular flexibility index (Phi) is 6.66. The van der Waals surface area contributed by atoms with Gasteiger partial charge in [0, 0.05) is 4.47 Å². The maximum atomic E-state index is 13.0. The van der Waals surface area contributed by atoms with E-state index in [4.69, 9.17) is 4.74 Å². The van der Waals surface area contributed by atoms with E-state index in [1.54, 1.807) is 0 Å². The van der Waals surface area contributed by atoms with E-state index in [0.29, 0.717) is 12.2 Å². The van der Waals surface area contributed by atoms with Gasteiger partial charge in [0.05, 0.1) is 6.04 Å². The second kappa shape index (κ2) is 9.38. The summed E-state index contributed by atoms with van der Waals surface area (Å²) in [6.45, 7) is 1.95. The predicted octanol–water partition coefficient (Wildman–Crippen LogP) is 5.51. The minimum Gasteiger partial charge on any atom is -0.481 e. The fourth-order valence-corrected chi connectivity index (χ4v) is 3.14. The molecule has 0 saturated heterocycles. The van der Waals surface area contributed by atoms with Crippen LogP contribution in [0.25, 0.3) is 0 Å². The number of halogens is 1. The SMILES string of the molecule is CCC(Oc1ccccc1)C(=O)NC(c1ccccc1)c1ccc(Br)cc1. The molecule has 1 amide bonds. The van der Waals surface area contributed by atoms with Crippen molar-refractivity contribution in [3.63, 3.8) is 0 Å². The van der Waals surface area contributed by atoms with Gasteiger partial charge in [0.1, 0.15) is 5.75 Å². The highest BCUT2D eigenvalue weighted by Crippen LogP contribution is 2.24. The number of benzene rings is 3. The van der Waals surface area contributed by atoms with E-state index in [1.807, 2.05) is 91.9 Å². The van der Waals surface area contributed by atoms with Crippen molar-refractivity contribution in [3.05, 3.63) is 101 Å². The quantitative estimate of drug-likeness (QED) is 0.543. The fraction of sp³-hybridized carbons (Fsp3) is 0.174. The van der Waals surface area contributed by atoms with Gasteiger partial charge in [0.25, 0.3) is 5.91 Å². The predicted molar refractivity (Wildman–Crippen MR) is 112 cm³/mol. The highest BCUT2D eigenvalue weighted by molar-refractivity contribution is 9.10. The molecule has 3 aromatic rings. The topological polar surface area (TPSA) is 38.3 Å². The Bertz CT molecular complexity index is 851. The Morgan fingerprint density at radius 3 is 2.04 bits per heavy atom. The summed E-state index contributed by atoms with van der Waals surface area (Å²) in [5, 5.41) is 3.16. The van der Waals surface area contributed by atoms with Crippen LogP contribution in [0, 0.1) is 0 Å². The minimum atomic E-state index is -0.547. The third-order valence-corrected chi connectivity index (χ3v) is 4.84. The lowest BCUT2D eigenvalue weighted by Gasteiger charge is -2.24. The summed E-state index contributed by atoms with van der Waals surface area (Å²) in [6, 6.07) is 27.2. The number of amides is 1. The van der Waals surface area contributed by atoms with Gasteiger partial charge in [0.2, 0.25) is 0 Å². The summed E-state index contributed by atoms with van der Waals surface area (Å²) in [5.74, 6) is 0.567. The number of nitrogens with one attached hydrogen (secondary N) is 1. The van der Waals surface area contributed by atoms with Crippen LogP contribution in [-0.4, -0.2) is 12.0 Å². The average molecular weight is 424 g/mol. The summed E-state index contributed by atoms with van der Waals surface area (Å²) in [5.41, 5.74) is 2.05. The Morgan fingerprint density at radius 1 is 0.889 bits per heavy atom. The van der Waals surface area contributed by atoms with Crippen molar-refractivity contribution in [2.75, 3.05) is 0 Å². The standard InChI is InChI=1S/C23H22BrNO2/c1-2-21(27-20-11-7-4-8-12-20)23(26)25-22(17-9-5-3-6-10-17)18-13-15-19(24)16-14-18/h3-16,21-22H,2H2,1H3,(H,25,26). The third-order valence-electron chi connectivity index (χ3n) is 4.31. The highest BCUT2D eigenvalue weighted by atomic mass is 79.9. The zero-order chi connectivity index (χ0) is 19.1. The Hall–Kier alpha value is -2.59. The number of carbonyl (C=O) groups is 1. The molecule has 2 unspecified atom stereocenters. The molecule has 138 valence electrons. The maximum absolute atomic E-state index is 13.0. The number of hydrogen-bond acceptors (Lipinski definition) is 2. The van der Waals surface area contributed by atoms with Gasteiger partial charge in [-0.25, -0.2) is 0 Å². The highest BCUT2D eigenvalue weighted by Gasteiger charge is 2.23. The first kappa shape index (κ1) is 19.2. The van der Waals surface area contributed by atoms with Crippen LogP contribution in [-0.2, 0) is 4.79 Å². The lowest BCUT2D eigenvalue weighted by Crippen LogP contribution is -2.40. The monoisotopic (exact) mass is 423 g/mol. The molecule has 0 aromatic heterocycles. The average Bonchev–Trinajstić information content (AvgIpc) is 2.72. The zero-order valence-electron chi connectivity index (χ0n) is 15.1. The minimum absolute atomic E-state index is 0.127. The molecule has 0 spiro atoms. The molecule has 27 heavy (non-hydrogen) atoms. The second-order valence-electron chi connectivity index (χ2n) is 6.23. The smallest absolute Gasteiger partial charge is 0.261 e. The van der Waals surface area contributed by atoms with Crippen molar-refractivity contribution in [2.24, 2.45) is 0 Å². The van der Waals surface area contributed by atoms with Crippen molar-refractivity contribution in [3.8, 4) is 5.75 Å². The number of para-hydroxylation sites is 1. The second-order valence-corrected chi connectivity index (χ2v) is 7.15.